The SMILES string of the molecule is O=C(Cn1c(=O)cnc2ccccc21)N1CCN(c2ccccc2[N+](=O)[O-])CC1. The Morgan fingerprint density at radius 2 is 1.72 bits per heavy atom. The van der Waals surface area contributed by atoms with Crippen molar-refractivity contribution in [2.75, 3.05) is 31.1 Å². The lowest BCUT2D eigenvalue weighted by Gasteiger charge is -2.36. The summed E-state index contributed by atoms with van der Waals surface area (Å²) in [5.41, 5.74) is 1.56. The fourth-order valence-corrected chi connectivity index (χ4v) is 3.60. The van der Waals surface area contributed by atoms with Crippen molar-refractivity contribution in [2.24, 2.45) is 0 Å². The normalized spacial score (nSPS) is 14.2. The quantitative estimate of drug-likeness (QED) is 0.493. The maximum absolute atomic E-state index is 12.8. The van der Waals surface area contributed by atoms with Gasteiger partial charge < -0.3 is 9.80 Å². The minimum atomic E-state index is -0.395. The summed E-state index contributed by atoms with van der Waals surface area (Å²) in [6, 6.07) is 13.8. The Morgan fingerprint density at radius 3 is 2.48 bits per heavy atom. The van der Waals surface area contributed by atoms with Crippen molar-refractivity contribution in [1.29, 1.82) is 0 Å². The predicted molar refractivity (Wildman–Crippen MR) is 108 cm³/mol. The summed E-state index contributed by atoms with van der Waals surface area (Å²) in [5.74, 6) is -0.161. The van der Waals surface area contributed by atoms with Crippen LogP contribution in [-0.2, 0) is 11.3 Å². The van der Waals surface area contributed by atoms with Crippen molar-refractivity contribution in [2.45, 2.75) is 6.54 Å². The van der Waals surface area contributed by atoms with Crippen LogP contribution in [-0.4, -0.2) is 51.5 Å². The van der Waals surface area contributed by atoms with Gasteiger partial charge in [0.25, 0.3) is 11.2 Å². The summed E-state index contributed by atoms with van der Waals surface area (Å²) in [6.45, 7) is 1.78. The van der Waals surface area contributed by atoms with Gasteiger partial charge in [0, 0.05) is 32.2 Å². The summed E-state index contributed by atoms with van der Waals surface area (Å²) < 4.78 is 1.43. The molecule has 2 heterocycles. The van der Waals surface area contributed by atoms with Crippen LogP contribution in [0.25, 0.3) is 11.0 Å². The van der Waals surface area contributed by atoms with Gasteiger partial charge in [0.1, 0.15) is 12.2 Å². The zero-order chi connectivity index (χ0) is 20.4. The summed E-state index contributed by atoms with van der Waals surface area (Å²) in [6.07, 6.45) is 1.22. The van der Waals surface area contributed by atoms with Crippen molar-refractivity contribution in [3.8, 4) is 0 Å². The van der Waals surface area contributed by atoms with Crippen LogP contribution in [0.2, 0.25) is 0 Å². The molecule has 1 saturated heterocycles. The highest BCUT2D eigenvalue weighted by atomic mass is 16.6. The van der Waals surface area contributed by atoms with Crippen molar-refractivity contribution < 1.29 is 9.72 Å². The van der Waals surface area contributed by atoms with E-state index in [0.717, 1.165) is 0 Å². The molecule has 1 aromatic heterocycles. The topological polar surface area (TPSA) is 102 Å². The molecule has 0 spiro atoms. The standard InChI is InChI=1S/C20H19N5O4/c26-19-13-21-15-5-1-2-6-16(15)24(19)14-20(27)23-11-9-22(10-12-23)17-7-3-4-8-18(17)25(28)29/h1-8,13H,9-12,14H2. The first kappa shape index (κ1) is 18.6. The first-order valence-corrected chi connectivity index (χ1v) is 9.25. The highest BCUT2D eigenvalue weighted by molar-refractivity contribution is 5.80. The van der Waals surface area contributed by atoms with Crippen molar-refractivity contribution in [3.63, 3.8) is 0 Å². The van der Waals surface area contributed by atoms with Gasteiger partial charge in [0.2, 0.25) is 5.91 Å². The molecule has 0 N–H and O–H groups in total. The van der Waals surface area contributed by atoms with Crippen LogP contribution in [0.5, 0.6) is 0 Å². The van der Waals surface area contributed by atoms with Crippen molar-refractivity contribution >= 4 is 28.3 Å². The van der Waals surface area contributed by atoms with Gasteiger partial charge >= 0.3 is 0 Å². The van der Waals surface area contributed by atoms with Crippen LogP contribution in [0.4, 0.5) is 11.4 Å². The number of benzene rings is 2. The van der Waals surface area contributed by atoms with Gasteiger partial charge in [-0.1, -0.05) is 24.3 Å². The fraction of sp³-hybridized carbons (Fsp3) is 0.250. The molecule has 0 aliphatic carbocycles. The average molecular weight is 393 g/mol. The number of fused-ring (bicyclic) bond motifs is 1. The molecule has 3 aromatic rings. The van der Waals surface area contributed by atoms with Gasteiger partial charge in [-0.15, -0.1) is 0 Å². The summed E-state index contributed by atoms with van der Waals surface area (Å²) in [5, 5.41) is 11.3. The second-order valence-electron chi connectivity index (χ2n) is 6.78. The number of anilines is 1. The molecule has 148 valence electrons. The lowest BCUT2D eigenvalue weighted by molar-refractivity contribution is -0.384. The number of rotatable bonds is 4. The average Bonchev–Trinajstić information content (AvgIpc) is 2.75. The Kier molecular flexibility index (Phi) is 4.94. The first-order chi connectivity index (χ1) is 14.0. The zero-order valence-corrected chi connectivity index (χ0v) is 15.6. The van der Waals surface area contributed by atoms with E-state index < -0.39 is 4.92 Å². The molecule has 1 aliphatic rings. The molecule has 1 aliphatic heterocycles. The Bertz CT molecular complexity index is 1130. The number of nitrogens with zero attached hydrogens (tertiary/aromatic N) is 5. The van der Waals surface area contributed by atoms with E-state index >= 15 is 0 Å². The van der Waals surface area contributed by atoms with Gasteiger partial charge in [-0.3, -0.25) is 24.3 Å². The number of nitro groups is 1. The number of carbonyl (C=O) groups excluding carboxylic acids is 1. The fourth-order valence-electron chi connectivity index (χ4n) is 3.60. The number of para-hydroxylation sites is 4. The molecule has 1 fully saturated rings. The summed E-state index contributed by atoms with van der Waals surface area (Å²) >= 11 is 0. The van der Waals surface area contributed by atoms with Crippen LogP contribution in [0.15, 0.2) is 59.5 Å². The molecule has 0 radical (unpaired) electrons. The molecule has 9 nitrogen and oxygen atoms in total. The van der Waals surface area contributed by atoms with Crippen LogP contribution in [0.1, 0.15) is 0 Å². The van der Waals surface area contributed by atoms with Gasteiger partial charge in [0.15, 0.2) is 0 Å². The van der Waals surface area contributed by atoms with Crippen molar-refractivity contribution in [1.82, 2.24) is 14.5 Å². The highest BCUT2D eigenvalue weighted by Gasteiger charge is 2.25. The predicted octanol–water partition coefficient (Wildman–Crippen LogP) is 1.65. The Labute approximate surface area is 165 Å². The zero-order valence-electron chi connectivity index (χ0n) is 15.6. The van der Waals surface area contributed by atoms with Gasteiger partial charge in [-0.25, -0.2) is 4.98 Å². The monoisotopic (exact) mass is 393 g/mol. The third-order valence-electron chi connectivity index (χ3n) is 5.10. The minimum Gasteiger partial charge on any atom is -0.362 e. The number of hydrogen-bond donors (Lipinski definition) is 0. The van der Waals surface area contributed by atoms with Crippen LogP contribution < -0.4 is 10.5 Å². The van der Waals surface area contributed by atoms with E-state index in [1.807, 2.05) is 11.0 Å². The molecule has 29 heavy (non-hydrogen) atoms. The molecule has 4 rings (SSSR count). The number of nitro benzene ring substituents is 1. The largest absolute Gasteiger partial charge is 0.362 e. The molecule has 1 amide bonds. The number of hydrogen-bond acceptors (Lipinski definition) is 6. The second kappa shape index (κ2) is 7.70. The molecule has 0 saturated carbocycles. The number of carbonyl (C=O) groups is 1. The third kappa shape index (κ3) is 3.66. The van der Waals surface area contributed by atoms with E-state index in [1.165, 1.54) is 16.8 Å². The molecule has 2 aromatic carbocycles. The molecular weight excluding hydrogens is 374 g/mol. The van der Waals surface area contributed by atoms with Gasteiger partial charge in [-0.05, 0) is 18.2 Å². The smallest absolute Gasteiger partial charge is 0.292 e. The lowest BCUT2D eigenvalue weighted by Crippen LogP contribution is -2.50. The second-order valence-corrected chi connectivity index (χ2v) is 6.78. The Balaban J connectivity index is 1.48. The van der Waals surface area contributed by atoms with Gasteiger partial charge in [0.05, 0.1) is 22.2 Å². The molecular formula is C20H19N5O4. The Morgan fingerprint density at radius 1 is 1.03 bits per heavy atom. The lowest BCUT2D eigenvalue weighted by atomic mass is 10.2. The van der Waals surface area contributed by atoms with E-state index in [0.29, 0.717) is 42.9 Å². The van der Waals surface area contributed by atoms with E-state index in [9.17, 15) is 19.7 Å². The van der Waals surface area contributed by atoms with E-state index in [-0.39, 0.29) is 23.7 Å². The van der Waals surface area contributed by atoms with E-state index in [2.05, 4.69) is 4.98 Å². The summed E-state index contributed by atoms with van der Waals surface area (Å²) in [4.78, 5) is 43.6. The van der Waals surface area contributed by atoms with Crippen molar-refractivity contribution in [3.05, 3.63) is 75.2 Å². The maximum Gasteiger partial charge on any atom is 0.292 e. The third-order valence-corrected chi connectivity index (χ3v) is 5.10. The molecule has 0 unspecified atom stereocenters. The molecule has 0 bridgehead atoms. The number of piperazine rings is 1. The molecule has 0 atom stereocenters. The Hall–Kier alpha value is -3.75. The highest BCUT2D eigenvalue weighted by Crippen LogP contribution is 2.28. The van der Waals surface area contributed by atoms with Gasteiger partial charge in [-0.2, -0.15) is 0 Å². The van der Waals surface area contributed by atoms with Crippen LogP contribution in [0, 0.1) is 10.1 Å². The maximum atomic E-state index is 12.8. The van der Waals surface area contributed by atoms with E-state index in [1.54, 1.807) is 41.3 Å². The summed E-state index contributed by atoms with van der Waals surface area (Å²) in [7, 11) is 0. The van der Waals surface area contributed by atoms with E-state index in [4.69, 9.17) is 0 Å². The minimum absolute atomic E-state index is 0.0575. The molecule has 9 heteroatoms. The number of aromatic nitrogens is 2. The first-order valence-electron chi connectivity index (χ1n) is 9.25. The van der Waals surface area contributed by atoms with Crippen LogP contribution >= 0.6 is 0 Å². The van der Waals surface area contributed by atoms with Crippen LogP contribution in [0.3, 0.4) is 0 Å². The number of amides is 1.